The largest absolute Gasteiger partial charge is 0.382 e. The van der Waals surface area contributed by atoms with Crippen LogP contribution in [-0.2, 0) is 9.59 Å². The van der Waals surface area contributed by atoms with E-state index in [-0.39, 0.29) is 37.2 Å². The molecule has 154 valence electrons. The number of halogens is 1. The van der Waals surface area contributed by atoms with E-state index in [0.717, 1.165) is 17.7 Å². The maximum absolute atomic E-state index is 13.1. The van der Waals surface area contributed by atoms with E-state index in [1.165, 1.54) is 12.8 Å². The molecule has 0 spiro atoms. The molecular formula is C20H23ClN4O4. The second-order valence-corrected chi connectivity index (χ2v) is 8.13. The highest BCUT2D eigenvalue weighted by Crippen LogP contribution is 2.35. The molecule has 3 saturated heterocycles. The van der Waals surface area contributed by atoms with Gasteiger partial charge in [0.25, 0.3) is 11.8 Å². The highest BCUT2D eigenvalue weighted by Gasteiger charge is 2.46. The number of imide groups is 2. The number of carbonyl (C=O) groups excluding carboxylic acids is 4. The molecule has 1 aromatic carbocycles. The lowest BCUT2D eigenvalue weighted by Crippen LogP contribution is -2.54. The molecule has 4 aliphatic heterocycles. The average molecular weight is 419 g/mol. The summed E-state index contributed by atoms with van der Waals surface area (Å²) < 4.78 is 0. The molecule has 4 heterocycles. The number of amides is 4. The van der Waals surface area contributed by atoms with Gasteiger partial charge in [-0.25, -0.2) is 0 Å². The summed E-state index contributed by atoms with van der Waals surface area (Å²) in [6.07, 6.45) is 4.61. The molecule has 0 saturated carbocycles. The summed E-state index contributed by atoms with van der Waals surface area (Å²) >= 11 is 0. The van der Waals surface area contributed by atoms with Gasteiger partial charge in [0.1, 0.15) is 6.04 Å². The number of hydrogen-bond donors (Lipinski definition) is 3. The Morgan fingerprint density at radius 3 is 2.38 bits per heavy atom. The predicted octanol–water partition coefficient (Wildman–Crippen LogP) is 1.20. The van der Waals surface area contributed by atoms with Gasteiger partial charge in [0, 0.05) is 30.2 Å². The number of nitrogens with zero attached hydrogens (tertiary/aromatic N) is 1. The van der Waals surface area contributed by atoms with Crippen LogP contribution in [0.25, 0.3) is 0 Å². The maximum atomic E-state index is 13.1. The van der Waals surface area contributed by atoms with Crippen molar-refractivity contribution in [3.05, 3.63) is 29.3 Å². The van der Waals surface area contributed by atoms with Gasteiger partial charge in [-0.2, -0.15) is 0 Å². The number of piperidine rings is 2. The van der Waals surface area contributed by atoms with Crippen LogP contribution in [0.5, 0.6) is 0 Å². The van der Waals surface area contributed by atoms with Gasteiger partial charge in [0.15, 0.2) is 0 Å². The Hall–Kier alpha value is -2.45. The molecule has 9 heteroatoms. The molecule has 3 N–H and O–H groups in total. The smallest absolute Gasteiger partial charge is 0.264 e. The topological polar surface area (TPSA) is 108 Å². The molecule has 3 fully saturated rings. The van der Waals surface area contributed by atoms with Crippen LogP contribution < -0.4 is 16.0 Å². The molecule has 3 atom stereocenters. The van der Waals surface area contributed by atoms with E-state index in [4.69, 9.17) is 0 Å². The Kier molecular flexibility index (Phi) is 5.08. The van der Waals surface area contributed by atoms with Crippen molar-refractivity contribution in [2.45, 2.75) is 62.7 Å². The molecule has 5 rings (SSSR count). The second kappa shape index (κ2) is 7.42. The standard InChI is InChI=1S/C20H22N4O4.ClH/c25-16-7-6-15(18(26)23-16)24-19(27)13-2-1-3-14(17(13)20(24)28)22-12-8-10-4-5-11(9-12)21-10;/h1-3,10-12,15,21-22H,4-9H2,(H,23,25,26);1H. The minimum absolute atomic E-state index is 0. The second-order valence-electron chi connectivity index (χ2n) is 8.13. The lowest BCUT2D eigenvalue weighted by atomic mass is 9.98. The molecule has 0 aromatic heterocycles. The summed E-state index contributed by atoms with van der Waals surface area (Å²) in [5.74, 6) is -1.89. The van der Waals surface area contributed by atoms with Crippen molar-refractivity contribution >= 4 is 41.7 Å². The quantitative estimate of drug-likeness (QED) is 0.637. The summed E-state index contributed by atoms with van der Waals surface area (Å²) in [4.78, 5) is 50.7. The maximum Gasteiger partial charge on any atom is 0.264 e. The number of rotatable bonds is 3. The zero-order valence-corrected chi connectivity index (χ0v) is 16.6. The summed E-state index contributed by atoms with van der Waals surface area (Å²) in [5, 5.41) is 9.30. The average Bonchev–Trinajstić information content (AvgIpc) is 3.13. The molecule has 4 amide bonds. The van der Waals surface area contributed by atoms with Crippen molar-refractivity contribution in [3.8, 4) is 0 Å². The summed E-state index contributed by atoms with van der Waals surface area (Å²) in [5.41, 5.74) is 1.30. The molecule has 4 aliphatic rings. The Morgan fingerprint density at radius 1 is 0.966 bits per heavy atom. The van der Waals surface area contributed by atoms with Crippen LogP contribution in [0.2, 0.25) is 0 Å². The third-order valence-electron chi connectivity index (χ3n) is 6.30. The minimum atomic E-state index is -0.937. The van der Waals surface area contributed by atoms with Gasteiger partial charge >= 0.3 is 0 Å². The molecule has 8 nitrogen and oxygen atoms in total. The van der Waals surface area contributed by atoms with Crippen LogP contribution in [0.4, 0.5) is 5.69 Å². The summed E-state index contributed by atoms with van der Waals surface area (Å²) in [6.45, 7) is 0. The van der Waals surface area contributed by atoms with Crippen molar-refractivity contribution in [1.82, 2.24) is 15.5 Å². The lowest BCUT2D eigenvalue weighted by Gasteiger charge is -2.31. The van der Waals surface area contributed by atoms with Crippen molar-refractivity contribution in [2.24, 2.45) is 0 Å². The number of carbonyl (C=O) groups is 4. The Bertz CT molecular complexity index is 892. The summed E-state index contributed by atoms with van der Waals surface area (Å²) in [7, 11) is 0. The summed E-state index contributed by atoms with van der Waals surface area (Å²) in [6, 6.07) is 5.53. The third-order valence-corrected chi connectivity index (χ3v) is 6.30. The van der Waals surface area contributed by atoms with Gasteiger partial charge in [0.05, 0.1) is 11.1 Å². The van der Waals surface area contributed by atoms with Crippen LogP contribution in [0.3, 0.4) is 0 Å². The molecule has 2 bridgehead atoms. The Balaban J connectivity index is 0.00000205. The molecule has 0 radical (unpaired) electrons. The van der Waals surface area contributed by atoms with Gasteiger partial charge < -0.3 is 10.6 Å². The first-order valence-corrected chi connectivity index (χ1v) is 9.88. The minimum Gasteiger partial charge on any atom is -0.382 e. The van der Waals surface area contributed by atoms with E-state index < -0.39 is 23.8 Å². The van der Waals surface area contributed by atoms with E-state index >= 15 is 0 Å². The highest BCUT2D eigenvalue weighted by atomic mass is 35.5. The van der Waals surface area contributed by atoms with Gasteiger partial charge in [-0.15, -0.1) is 12.4 Å². The number of benzene rings is 1. The number of nitrogens with one attached hydrogen (secondary N) is 3. The fraction of sp³-hybridized carbons (Fsp3) is 0.500. The third kappa shape index (κ3) is 3.30. The zero-order chi connectivity index (χ0) is 19.4. The van der Waals surface area contributed by atoms with Gasteiger partial charge in [-0.1, -0.05) is 6.07 Å². The Morgan fingerprint density at radius 2 is 1.69 bits per heavy atom. The zero-order valence-electron chi connectivity index (χ0n) is 15.8. The van der Waals surface area contributed by atoms with Crippen molar-refractivity contribution in [2.75, 3.05) is 5.32 Å². The SMILES string of the molecule is Cl.O=C1CCC(N2C(=O)c3cccc(NC4CC5CCC(C4)N5)c3C2=O)C(=O)N1. The normalized spacial score (nSPS) is 30.7. The number of fused-ring (bicyclic) bond motifs is 3. The molecule has 29 heavy (non-hydrogen) atoms. The Labute approximate surface area is 174 Å². The monoisotopic (exact) mass is 418 g/mol. The van der Waals surface area contributed by atoms with E-state index in [9.17, 15) is 19.2 Å². The molecule has 0 aliphatic carbocycles. The van der Waals surface area contributed by atoms with Gasteiger partial charge in [-0.05, 0) is 44.2 Å². The van der Waals surface area contributed by atoms with Crippen molar-refractivity contribution in [1.29, 1.82) is 0 Å². The van der Waals surface area contributed by atoms with E-state index in [1.807, 2.05) is 6.07 Å². The first-order valence-electron chi connectivity index (χ1n) is 9.88. The van der Waals surface area contributed by atoms with E-state index in [0.29, 0.717) is 28.9 Å². The van der Waals surface area contributed by atoms with Gasteiger partial charge in [-0.3, -0.25) is 29.4 Å². The first kappa shape index (κ1) is 19.8. The fourth-order valence-corrected chi connectivity index (χ4v) is 5.03. The van der Waals surface area contributed by atoms with Crippen LogP contribution in [-0.4, -0.2) is 52.7 Å². The molecular weight excluding hydrogens is 396 g/mol. The van der Waals surface area contributed by atoms with Crippen LogP contribution in [0, 0.1) is 0 Å². The first-order chi connectivity index (χ1) is 13.5. The predicted molar refractivity (Wildman–Crippen MR) is 107 cm³/mol. The fourth-order valence-electron chi connectivity index (χ4n) is 5.03. The van der Waals surface area contributed by atoms with Crippen molar-refractivity contribution in [3.63, 3.8) is 0 Å². The molecule has 3 unspecified atom stereocenters. The van der Waals surface area contributed by atoms with Crippen LogP contribution >= 0.6 is 12.4 Å². The van der Waals surface area contributed by atoms with E-state index in [2.05, 4.69) is 16.0 Å². The lowest BCUT2D eigenvalue weighted by molar-refractivity contribution is -0.136. The number of hydrogen-bond acceptors (Lipinski definition) is 6. The van der Waals surface area contributed by atoms with Crippen LogP contribution in [0.1, 0.15) is 59.2 Å². The van der Waals surface area contributed by atoms with Crippen LogP contribution in [0.15, 0.2) is 18.2 Å². The van der Waals surface area contributed by atoms with Gasteiger partial charge in [0.2, 0.25) is 11.8 Å². The molecule has 1 aromatic rings. The highest BCUT2D eigenvalue weighted by molar-refractivity contribution is 6.25. The number of anilines is 1. The van der Waals surface area contributed by atoms with E-state index in [1.54, 1.807) is 12.1 Å². The van der Waals surface area contributed by atoms with Crippen molar-refractivity contribution < 1.29 is 19.2 Å².